The van der Waals surface area contributed by atoms with Crippen LogP contribution in [0.15, 0.2) is 60.8 Å². The van der Waals surface area contributed by atoms with Gasteiger partial charge in [-0.1, -0.05) is 26.0 Å². The van der Waals surface area contributed by atoms with Gasteiger partial charge in [-0.2, -0.15) is 13.2 Å². The molecule has 1 saturated carbocycles. The molecule has 11 heteroatoms. The SMILES string of the molecule is CCCN(CCC)Cc1ccc(F)cc1.Cc1cc(OC2CCC(Nc3ccc([N+](=O)[O-])c(C(F)(F)F)c3)CC2)ccn1. The molecule has 0 bridgehead atoms. The Morgan fingerprint density at radius 3 is 2.21 bits per heavy atom. The summed E-state index contributed by atoms with van der Waals surface area (Å²) in [5, 5.41) is 13.9. The number of ether oxygens (including phenoxy) is 1. The molecule has 3 aromatic rings. The second kappa shape index (κ2) is 16.2. The number of benzene rings is 2. The largest absolute Gasteiger partial charge is 0.490 e. The number of alkyl halides is 3. The van der Waals surface area contributed by atoms with Crippen LogP contribution in [0.25, 0.3) is 0 Å². The lowest BCUT2D eigenvalue weighted by atomic mass is 9.92. The Morgan fingerprint density at radius 1 is 1.00 bits per heavy atom. The van der Waals surface area contributed by atoms with E-state index in [0.717, 1.165) is 68.9 Å². The van der Waals surface area contributed by atoms with Crippen molar-refractivity contribution in [3.63, 3.8) is 0 Å². The van der Waals surface area contributed by atoms with Crippen molar-refractivity contribution in [3.05, 3.63) is 93.5 Å². The van der Waals surface area contributed by atoms with Crippen LogP contribution in [-0.2, 0) is 12.7 Å². The van der Waals surface area contributed by atoms with Crippen LogP contribution in [0.1, 0.15) is 69.2 Å². The van der Waals surface area contributed by atoms with E-state index in [1.54, 1.807) is 12.3 Å². The quantitative estimate of drug-likeness (QED) is 0.134. The topological polar surface area (TPSA) is 80.5 Å². The highest BCUT2D eigenvalue weighted by molar-refractivity contribution is 5.55. The average molecular weight is 605 g/mol. The lowest BCUT2D eigenvalue weighted by Crippen LogP contribution is -2.31. The number of hydrogen-bond acceptors (Lipinski definition) is 6. The summed E-state index contributed by atoms with van der Waals surface area (Å²) in [4.78, 5) is 16.4. The molecule has 1 aliphatic rings. The fraction of sp³-hybridized carbons (Fsp3) is 0.469. The summed E-state index contributed by atoms with van der Waals surface area (Å²) in [5.41, 5.74) is 0.104. The Morgan fingerprint density at radius 2 is 1.65 bits per heavy atom. The molecule has 2 aromatic carbocycles. The molecule has 1 fully saturated rings. The smallest absolute Gasteiger partial charge is 0.423 e. The van der Waals surface area contributed by atoms with Crippen molar-refractivity contribution in [2.75, 3.05) is 18.4 Å². The number of hydrogen-bond donors (Lipinski definition) is 1. The van der Waals surface area contributed by atoms with Crippen LogP contribution in [0.2, 0.25) is 0 Å². The number of rotatable bonds is 11. The van der Waals surface area contributed by atoms with Gasteiger partial charge in [-0.15, -0.1) is 0 Å². The van der Waals surface area contributed by atoms with Gasteiger partial charge in [-0.05, 0) is 94.4 Å². The van der Waals surface area contributed by atoms with E-state index in [2.05, 4.69) is 29.0 Å². The van der Waals surface area contributed by atoms with Crippen molar-refractivity contribution in [1.82, 2.24) is 9.88 Å². The van der Waals surface area contributed by atoms with Gasteiger partial charge >= 0.3 is 6.18 Å². The maximum absolute atomic E-state index is 13.1. The van der Waals surface area contributed by atoms with Crippen molar-refractivity contribution in [3.8, 4) is 5.75 Å². The Kier molecular flexibility index (Phi) is 12.7. The van der Waals surface area contributed by atoms with Gasteiger partial charge in [0, 0.05) is 42.3 Å². The number of halogens is 4. The summed E-state index contributed by atoms with van der Waals surface area (Å²) in [5.74, 6) is 0.602. The number of aryl methyl sites for hydroxylation is 1. The van der Waals surface area contributed by atoms with Gasteiger partial charge in [0.2, 0.25) is 0 Å². The number of nitrogens with one attached hydrogen (secondary N) is 1. The van der Waals surface area contributed by atoms with Crippen LogP contribution in [0.4, 0.5) is 28.9 Å². The molecule has 4 rings (SSSR count). The first-order valence-corrected chi connectivity index (χ1v) is 14.7. The Bertz CT molecular complexity index is 1290. The molecule has 0 atom stereocenters. The molecule has 43 heavy (non-hydrogen) atoms. The molecule has 1 heterocycles. The fourth-order valence-electron chi connectivity index (χ4n) is 5.11. The first kappa shape index (κ1) is 33.8. The standard InChI is InChI=1S/C19H20F3N3O3.C13H20FN/c1-12-10-16(8-9-23-12)28-15-5-2-13(3-6-15)24-14-4-7-18(25(26)27)17(11-14)19(20,21)22;1-3-9-15(10-4-2)11-12-5-7-13(14)8-6-12/h4,7-11,13,15,24H,2-3,5-6H2,1H3;5-8H,3-4,9-11H2,1-2H3. The van der Waals surface area contributed by atoms with E-state index >= 15 is 0 Å². The number of nitro groups is 1. The van der Waals surface area contributed by atoms with E-state index in [1.165, 1.54) is 36.6 Å². The summed E-state index contributed by atoms with van der Waals surface area (Å²) in [6.07, 6.45) is 2.26. The van der Waals surface area contributed by atoms with E-state index in [0.29, 0.717) is 0 Å². The second-order valence-electron chi connectivity index (χ2n) is 10.8. The molecule has 234 valence electrons. The van der Waals surface area contributed by atoms with Crippen molar-refractivity contribution < 1.29 is 27.2 Å². The minimum atomic E-state index is -4.78. The third-order valence-electron chi connectivity index (χ3n) is 7.11. The van der Waals surface area contributed by atoms with Crippen molar-refractivity contribution in [2.24, 2.45) is 0 Å². The Balaban J connectivity index is 0.000000285. The highest BCUT2D eigenvalue weighted by Crippen LogP contribution is 2.38. The molecular formula is C32H40F4N4O3. The minimum Gasteiger partial charge on any atom is -0.490 e. The Hall–Kier alpha value is -3.73. The lowest BCUT2D eigenvalue weighted by molar-refractivity contribution is -0.388. The third-order valence-corrected chi connectivity index (χ3v) is 7.11. The van der Waals surface area contributed by atoms with Gasteiger partial charge in [-0.25, -0.2) is 4.39 Å². The molecule has 0 aliphatic heterocycles. The van der Waals surface area contributed by atoms with Crippen molar-refractivity contribution in [1.29, 1.82) is 0 Å². The number of pyridine rings is 1. The van der Waals surface area contributed by atoms with E-state index in [4.69, 9.17) is 4.74 Å². The molecule has 1 N–H and O–H groups in total. The van der Waals surface area contributed by atoms with Crippen LogP contribution in [0.3, 0.4) is 0 Å². The molecule has 0 saturated heterocycles. The van der Waals surface area contributed by atoms with E-state index in [9.17, 15) is 27.7 Å². The van der Waals surface area contributed by atoms with E-state index in [-0.39, 0.29) is 23.7 Å². The van der Waals surface area contributed by atoms with Crippen molar-refractivity contribution >= 4 is 11.4 Å². The van der Waals surface area contributed by atoms with Gasteiger partial charge in [0.15, 0.2) is 0 Å². The first-order valence-electron chi connectivity index (χ1n) is 14.7. The number of nitrogens with zero attached hydrogens (tertiary/aromatic N) is 3. The number of anilines is 1. The molecule has 0 amide bonds. The summed E-state index contributed by atoms with van der Waals surface area (Å²) in [7, 11) is 0. The number of nitro benzene ring substituents is 1. The second-order valence-corrected chi connectivity index (χ2v) is 10.8. The highest BCUT2D eigenvalue weighted by atomic mass is 19.4. The lowest BCUT2D eigenvalue weighted by Gasteiger charge is -2.30. The zero-order chi connectivity index (χ0) is 31.4. The maximum Gasteiger partial charge on any atom is 0.423 e. The molecule has 7 nitrogen and oxygen atoms in total. The van der Waals surface area contributed by atoms with Gasteiger partial charge in [0.05, 0.1) is 11.0 Å². The summed E-state index contributed by atoms with van der Waals surface area (Å²) < 4.78 is 58.0. The van der Waals surface area contributed by atoms with Gasteiger partial charge < -0.3 is 10.1 Å². The molecule has 0 unspecified atom stereocenters. The Labute approximate surface area is 250 Å². The van der Waals surface area contributed by atoms with E-state index < -0.39 is 22.4 Å². The molecule has 1 aromatic heterocycles. The summed E-state index contributed by atoms with van der Waals surface area (Å²) in [6, 6.07) is 13.5. The number of aromatic nitrogens is 1. The van der Waals surface area contributed by atoms with Crippen LogP contribution in [0.5, 0.6) is 5.75 Å². The predicted molar refractivity (Wildman–Crippen MR) is 160 cm³/mol. The zero-order valence-electron chi connectivity index (χ0n) is 24.9. The molecule has 0 spiro atoms. The van der Waals surface area contributed by atoms with Gasteiger partial charge in [-0.3, -0.25) is 20.0 Å². The summed E-state index contributed by atoms with van der Waals surface area (Å²) >= 11 is 0. The first-order chi connectivity index (χ1) is 20.5. The zero-order valence-corrected chi connectivity index (χ0v) is 24.9. The average Bonchev–Trinajstić information content (AvgIpc) is 2.95. The van der Waals surface area contributed by atoms with Crippen LogP contribution in [-0.4, -0.2) is 40.0 Å². The molecular weight excluding hydrogens is 564 g/mol. The fourth-order valence-corrected chi connectivity index (χ4v) is 5.11. The molecule has 0 radical (unpaired) electrons. The normalized spacial score (nSPS) is 16.7. The van der Waals surface area contributed by atoms with Crippen LogP contribution in [0, 0.1) is 22.9 Å². The maximum atomic E-state index is 13.1. The predicted octanol–water partition coefficient (Wildman–Crippen LogP) is 8.57. The third kappa shape index (κ3) is 11.1. The van der Waals surface area contributed by atoms with Crippen LogP contribution >= 0.6 is 0 Å². The summed E-state index contributed by atoms with van der Waals surface area (Å²) in [6.45, 7) is 9.42. The van der Waals surface area contributed by atoms with E-state index in [1.807, 2.05) is 25.1 Å². The molecule has 1 aliphatic carbocycles. The van der Waals surface area contributed by atoms with Crippen LogP contribution < -0.4 is 10.1 Å². The monoisotopic (exact) mass is 604 g/mol. The van der Waals surface area contributed by atoms with Crippen molar-refractivity contribution in [2.45, 2.75) is 84.2 Å². The van der Waals surface area contributed by atoms with Gasteiger partial charge in [0.25, 0.3) is 5.69 Å². The minimum absolute atomic E-state index is 0.0124. The highest BCUT2D eigenvalue weighted by Gasteiger charge is 2.38. The van der Waals surface area contributed by atoms with Gasteiger partial charge in [0.1, 0.15) is 17.1 Å².